The maximum Gasteiger partial charge on any atom is 0.337 e. The molecule has 0 bridgehead atoms. The fraction of sp³-hybridized carbons (Fsp3) is 0.364. The number of hydrogen-bond donors (Lipinski definition) is 2. The first-order valence-corrected chi connectivity index (χ1v) is 5.14. The average Bonchev–Trinajstić information content (AvgIpc) is 3.10. The van der Waals surface area contributed by atoms with Gasteiger partial charge in [-0.1, -0.05) is 0 Å². The predicted molar refractivity (Wildman–Crippen MR) is 56.3 cm³/mol. The van der Waals surface area contributed by atoms with Crippen LogP contribution in [-0.4, -0.2) is 28.5 Å². The quantitative estimate of drug-likeness (QED) is 0.790. The number of pyridine rings is 1. The van der Waals surface area contributed by atoms with Crippen LogP contribution in [0.1, 0.15) is 33.7 Å². The summed E-state index contributed by atoms with van der Waals surface area (Å²) in [5.74, 6) is -0.677. The zero-order chi connectivity index (χ0) is 11.5. The van der Waals surface area contributed by atoms with Crippen molar-refractivity contribution in [2.24, 2.45) is 5.92 Å². The van der Waals surface area contributed by atoms with Crippen molar-refractivity contribution in [1.82, 2.24) is 10.3 Å². The molecule has 5 heteroatoms. The highest BCUT2D eigenvalue weighted by Gasteiger charge is 2.22. The topological polar surface area (TPSA) is 79.3 Å². The van der Waals surface area contributed by atoms with Gasteiger partial charge in [0.05, 0.1) is 5.56 Å². The Hall–Kier alpha value is -1.91. The number of amides is 1. The second-order valence-electron chi connectivity index (χ2n) is 3.89. The van der Waals surface area contributed by atoms with Crippen molar-refractivity contribution in [3.8, 4) is 0 Å². The number of rotatable bonds is 4. The highest BCUT2D eigenvalue weighted by atomic mass is 16.4. The number of aromatic carboxylic acids is 1. The van der Waals surface area contributed by atoms with Crippen LogP contribution in [0.3, 0.4) is 0 Å². The van der Waals surface area contributed by atoms with Crippen LogP contribution in [-0.2, 0) is 0 Å². The van der Waals surface area contributed by atoms with Gasteiger partial charge in [0.1, 0.15) is 5.69 Å². The molecule has 1 heterocycles. The van der Waals surface area contributed by atoms with E-state index in [1.165, 1.54) is 31.2 Å². The Bertz CT molecular complexity index is 410. The maximum atomic E-state index is 11.5. The summed E-state index contributed by atoms with van der Waals surface area (Å²) in [4.78, 5) is 25.9. The summed E-state index contributed by atoms with van der Waals surface area (Å²) < 4.78 is 0. The fourth-order valence-electron chi connectivity index (χ4n) is 1.30. The lowest BCUT2D eigenvalue weighted by Crippen LogP contribution is -2.26. The van der Waals surface area contributed by atoms with Crippen molar-refractivity contribution < 1.29 is 14.7 Å². The summed E-state index contributed by atoms with van der Waals surface area (Å²) in [6.45, 7) is 0.682. The van der Waals surface area contributed by atoms with Crippen molar-refractivity contribution in [3.05, 3.63) is 29.6 Å². The molecular weight excluding hydrogens is 208 g/mol. The minimum atomic E-state index is -1.04. The Morgan fingerprint density at radius 3 is 2.69 bits per heavy atom. The van der Waals surface area contributed by atoms with Gasteiger partial charge in [-0.3, -0.25) is 9.78 Å². The van der Waals surface area contributed by atoms with E-state index in [4.69, 9.17) is 5.11 Å². The smallest absolute Gasteiger partial charge is 0.337 e. The standard InChI is InChI=1S/C11H12N2O3/c14-10(13-5-7-1-2-7)9-4-3-8(6-12-9)11(15)16/h3-4,6-7H,1-2,5H2,(H,13,14)(H,15,16). The predicted octanol–water partition coefficient (Wildman–Crippen LogP) is 0.920. The average molecular weight is 220 g/mol. The Kier molecular flexibility index (Phi) is 2.85. The summed E-state index contributed by atoms with van der Waals surface area (Å²) in [6.07, 6.45) is 3.53. The van der Waals surface area contributed by atoms with Gasteiger partial charge < -0.3 is 10.4 Å². The van der Waals surface area contributed by atoms with E-state index in [2.05, 4.69) is 10.3 Å². The van der Waals surface area contributed by atoms with Crippen LogP contribution in [0.4, 0.5) is 0 Å². The van der Waals surface area contributed by atoms with Crippen molar-refractivity contribution in [3.63, 3.8) is 0 Å². The normalized spacial score (nSPS) is 14.5. The third kappa shape index (κ3) is 2.56. The first-order chi connectivity index (χ1) is 7.66. The van der Waals surface area contributed by atoms with Gasteiger partial charge in [0, 0.05) is 12.7 Å². The second kappa shape index (κ2) is 4.30. The Balaban J connectivity index is 1.96. The molecule has 1 aromatic rings. The lowest BCUT2D eigenvalue weighted by atomic mass is 10.2. The van der Waals surface area contributed by atoms with Gasteiger partial charge >= 0.3 is 5.97 Å². The minimum absolute atomic E-state index is 0.0822. The highest BCUT2D eigenvalue weighted by molar-refractivity contribution is 5.93. The summed E-state index contributed by atoms with van der Waals surface area (Å²) in [7, 11) is 0. The summed E-state index contributed by atoms with van der Waals surface area (Å²) in [6, 6.07) is 2.80. The number of carbonyl (C=O) groups excluding carboxylic acids is 1. The monoisotopic (exact) mass is 220 g/mol. The lowest BCUT2D eigenvalue weighted by Gasteiger charge is -2.03. The van der Waals surface area contributed by atoms with Crippen LogP contribution < -0.4 is 5.32 Å². The molecule has 0 unspecified atom stereocenters. The molecule has 84 valence electrons. The molecule has 1 saturated carbocycles. The Morgan fingerprint density at radius 2 is 2.19 bits per heavy atom. The third-order valence-electron chi connectivity index (χ3n) is 2.49. The van der Waals surface area contributed by atoms with E-state index < -0.39 is 5.97 Å². The van der Waals surface area contributed by atoms with Crippen LogP contribution in [0, 0.1) is 5.92 Å². The number of hydrogen-bond acceptors (Lipinski definition) is 3. The first-order valence-electron chi connectivity index (χ1n) is 5.14. The van der Waals surface area contributed by atoms with Crippen LogP contribution in [0.15, 0.2) is 18.3 Å². The summed E-state index contributed by atoms with van der Waals surface area (Å²) >= 11 is 0. The van der Waals surface area contributed by atoms with Crippen molar-refractivity contribution in [2.45, 2.75) is 12.8 Å². The van der Waals surface area contributed by atoms with E-state index in [0.29, 0.717) is 12.5 Å². The van der Waals surface area contributed by atoms with E-state index in [1.54, 1.807) is 0 Å². The molecule has 1 amide bonds. The molecule has 0 aliphatic heterocycles. The number of carboxylic acids is 1. The molecular formula is C11H12N2O3. The molecule has 0 radical (unpaired) electrons. The number of nitrogens with one attached hydrogen (secondary N) is 1. The largest absolute Gasteiger partial charge is 0.478 e. The van der Waals surface area contributed by atoms with Crippen molar-refractivity contribution >= 4 is 11.9 Å². The Labute approximate surface area is 92.5 Å². The number of carbonyl (C=O) groups is 2. The van der Waals surface area contributed by atoms with Crippen molar-refractivity contribution in [2.75, 3.05) is 6.54 Å². The molecule has 1 fully saturated rings. The van der Waals surface area contributed by atoms with Gasteiger partial charge in [-0.2, -0.15) is 0 Å². The van der Waals surface area contributed by atoms with E-state index in [1.807, 2.05) is 0 Å². The van der Waals surface area contributed by atoms with Crippen molar-refractivity contribution in [1.29, 1.82) is 0 Å². The van der Waals surface area contributed by atoms with Gasteiger partial charge in [-0.15, -0.1) is 0 Å². The van der Waals surface area contributed by atoms with Gasteiger partial charge in [-0.25, -0.2) is 4.79 Å². The maximum absolute atomic E-state index is 11.5. The number of carboxylic acid groups (broad SMARTS) is 1. The molecule has 2 N–H and O–H groups in total. The van der Waals surface area contributed by atoms with Crippen LogP contribution in [0.5, 0.6) is 0 Å². The number of nitrogens with zero attached hydrogens (tertiary/aromatic N) is 1. The SMILES string of the molecule is O=C(O)c1ccc(C(=O)NCC2CC2)nc1. The molecule has 1 aliphatic carbocycles. The number of aromatic nitrogens is 1. The molecule has 2 rings (SSSR count). The lowest BCUT2D eigenvalue weighted by molar-refractivity contribution is 0.0695. The molecule has 1 aromatic heterocycles. The third-order valence-corrected chi connectivity index (χ3v) is 2.49. The van der Waals surface area contributed by atoms with E-state index in [9.17, 15) is 9.59 Å². The van der Waals surface area contributed by atoms with E-state index in [-0.39, 0.29) is 17.2 Å². The van der Waals surface area contributed by atoms with Crippen LogP contribution >= 0.6 is 0 Å². The first kappa shape index (κ1) is 10.6. The van der Waals surface area contributed by atoms with Gasteiger partial charge in [0.25, 0.3) is 5.91 Å². The Morgan fingerprint density at radius 1 is 1.44 bits per heavy atom. The van der Waals surface area contributed by atoms with Crippen LogP contribution in [0.2, 0.25) is 0 Å². The molecule has 0 spiro atoms. The van der Waals surface area contributed by atoms with E-state index >= 15 is 0 Å². The molecule has 0 atom stereocenters. The zero-order valence-corrected chi connectivity index (χ0v) is 8.64. The van der Waals surface area contributed by atoms with Gasteiger partial charge in [0.2, 0.25) is 0 Å². The fourth-order valence-corrected chi connectivity index (χ4v) is 1.30. The summed E-state index contributed by atoms with van der Waals surface area (Å²) in [5, 5.41) is 11.4. The molecule has 5 nitrogen and oxygen atoms in total. The minimum Gasteiger partial charge on any atom is -0.478 e. The highest BCUT2D eigenvalue weighted by Crippen LogP contribution is 2.27. The molecule has 0 saturated heterocycles. The molecule has 0 aromatic carbocycles. The van der Waals surface area contributed by atoms with Gasteiger partial charge in [-0.05, 0) is 30.9 Å². The van der Waals surface area contributed by atoms with Crippen LogP contribution in [0.25, 0.3) is 0 Å². The van der Waals surface area contributed by atoms with E-state index in [0.717, 1.165) is 0 Å². The molecule has 1 aliphatic rings. The zero-order valence-electron chi connectivity index (χ0n) is 8.64. The summed E-state index contributed by atoms with van der Waals surface area (Å²) in [5.41, 5.74) is 0.337. The van der Waals surface area contributed by atoms with Gasteiger partial charge in [0.15, 0.2) is 0 Å². The second-order valence-corrected chi connectivity index (χ2v) is 3.89. The molecule has 16 heavy (non-hydrogen) atoms.